The number of ether oxygens (including phenoxy) is 1. The normalized spacial score (nSPS) is 10.3. The quantitative estimate of drug-likeness (QED) is 0.620. The molecule has 2 aromatic heterocycles. The standard InChI is InChI=1S/C8H7NO2/c1-10-8-6-3-5-11-7(6)2-4-9-8/h2-5H,1H3. The van der Waals surface area contributed by atoms with Crippen LogP contribution in [0.4, 0.5) is 0 Å². The molecule has 0 bridgehead atoms. The molecule has 3 heteroatoms. The third-order valence-electron chi connectivity index (χ3n) is 1.54. The lowest BCUT2D eigenvalue weighted by Crippen LogP contribution is -1.85. The van der Waals surface area contributed by atoms with Crippen LogP contribution in [0, 0.1) is 0 Å². The molecule has 0 aromatic carbocycles. The van der Waals surface area contributed by atoms with E-state index in [9.17, 15) is 0 Å². The molecule has 0 aliphatic rings. The molecule has 0 amide bonds. The van der Waals surface area contributed by atoms with Crippen molar-refractivity contribution in [3.05, 3.63) is 24.6 Å². The summed E-state index contributed by atoms with van der Waals surface area (Å²) in [6.45, 7) is 0. The lowest BCUT2D eigenvalue weighted by atomic mass is 10.3. The summed E-state index contributed by atoms with van der Waals surface area (Å²) in [5.41, 5.74) is 0.803. The molecule has 0 radical (unpaired) electrons. The Bertz CT molecular complexity index is 367. The van der Waals surface area contributed by atoms with Gasteiger partial charge in [0.1, 0.15) is 5.58 Å². The van der Waals surface area contributed by atoms with Gasteiger partial charge in [0.2, 0.25) is 5.88 Å². The van der Waals surface area contributed by atoms with Gasteiger partial charge in [0, 0.05) is 6.20 Å². The van der Waals surface area contributed by atoms with E-state index < -0.39 is 0 Å². The van der Waals surface area contributed by atoms with Crippen molar-refractivity contribution in [3.63, 3.8) is 0 Å². The fourth-order valence-corrected chi connectivity index (χ4v) is 1.03. The first-order valence-electron chi connectivity index (χ1n) is 3.28. The van der Waals surface area contributed by atoms with E-state index in [-0.39, 0.29) is 0 Å². The number of methoxy groups -OCH3 is 1. The minimum absolute atomic E-state index is 0.608. The van der Waals surface area contributed by atoms with E-state index in [0.717, 1.165) is 11.0 Å². The molecular formula is C8H7NO2. The van der Waals surface area contributed by atoms with Crippen molar-refractivity contribution in [2.45, 2.75) is 0 Å². The number of hydrogen-bond acceptors (Lipinski definition) is 3. The second-order valence-corrected chi connectivity index (χ2v) is 2.15. The molecule has 3 nitrogen and oxygen atoms in total. The molecule has 11 heavy (non-hydrogen) atoms. The number of nitrogens with zero attached hydrogens (tertiary/aromatic N) is 1. The second-order valence-electron chi connectivity index (χ2n) is 2.15. The lowest BCUT2D eigenvalue weighted by Gasteiger charge is -1.96. The molecule has 56 valence electrons. The van der Waals surface area contributed by atoms with Crippen LogP contribution in [-0.4, -0.2) is 12.1 Å². The van der Waals surface area contributed by atoms with Crippen LogP contribution in [-0.2, 0) is 0 Å². The number of pyridine rings is 1. The average molecular weight is 149 g/mol. The largest absolute Gasteiger partial charge is 0.480 e. The van der Waals surface area contributed by atoms with Gasteiger partial charge in [0.25, 0.3) is 0 Å². The van der Waals surface area contributed by atoms with Crippen molar-refractivity contribution in [2.24, 2.45) is 0 Å². The summed E-state index contributed by atoms with van der Waals surface area (Å²) in [6.07, 6.45) is 3.28. The molecule has 0 saturated heterocycles. The maximum absolute atomic E-state index is 5.14. The molecule has 0 fully saturated rings. The minimum Gasteiger partial charge on any atom is -0.480 e. The summed E-state index contributed by atoms with van der Waals surface area (Å²) < 4.78 is 10.2. The molecule has 0 unspecified atom stereocenters. The van der Waals surface area contributed by atoms with E-state index in [0.29, 0.717) is 5.88 Å². The first kappa shape index (κ1) is 6.22. The molecule has 0 aliphatic carbocycles. The highest BCUT2D eigenvalue weighted by molar-refractivity contribution is 5.81. The van der Waals surface area contributed by atoms with Gasteiger partial charge in [-0.15, -0.1) is 0 Å². The van der Waals surface area contributed by atoms with Crippen LogP contribution in [0.2, 0.25) is 0 Å². The number of hydrogen-bond donors (Lipinski definition) is 0. The van der Waals surface area contributed by atoms with Gasteiger partial charge in [-0.05, 0) is 12.1 Å². The third kappa shape index (κ3) is 0.852. The summed E-state index contributed by atoms with van der Waals surface area (Å²) in [6, 6.07) is 3.64. The van der Waals surface area contributed by atoms with Crippen molar-refractivity contribution < 1.29 is 9.15 Å². The van der Waals surface area contributed by atoms with Crippen LogP contribution in [0.15, 0.2) is 29.0 Å². The molecule has 2 rings (SSSR count). The van der Waals surface area contributed by atoms with E-state index in [2.05, 4.69) is 4.98 Å². The van der Waals surface area contributed by atoms with Crippen LogP contribution in [0.3, 0.4) is 0 Å². The van der Waals surface area contributed by atoms with Crippen molar-refractivity contribution in [1.29, 1.82) is 0 Å². The van der Waals surface area contributed by atoms with Gasteiger partial charge in [0.15, 0.2) is 0 Å². The Morgan fingerprint density at radius 1 is 1.45 bits per heavy atom. The Hall–Kier alpha value is -1.51. The van der Waals surface area contributed by atoms with E-state index >= 15 is 0 Å². The Labute approximate surface area is 63.6 Å². The zero-order valence-corrected chi connectivity index (χ0v) is 6.07. The van der Waals surface area contributed by atoms with Crippen LogP contribution in [0.5, 0.6) is 5.88 Å². The van der Waals surface area contributed by atoms with Gasteiger partial charge in [-0.2, -0.15) is 0 Å². The summed E-state index contributed by atoms with van der Waals surface area (Å²) in [7, 11) is 1.59. The maximum atomic E-state index is 5.14. The molecule has 0 aliphatic heterocycles. The van der Waals surface area contributed by atoms with Crippen LogP contribution in [0.1, 0.15) is 0 Å². The highest BCUT2D eigenvalue weighted by atomic mass is 16.5. The number of fused-ring (bicyclic) bond motifs is 1. The number of aromatic nitrogens is 1. The maximum Gasteiger partial charge on any atom is 0.224 e. The highest BCUT2D eigenvalue weighted by Gasteiger charge is 2.02. The topological polar surface area (TPSA) is 35.3 Å². The van der Waals surface area contributed by atoms with Crippen molar-refractivity contribution in [1.82, 2.24) is 4.98 Å². The number of rotatable bonds is 1. The monoisotopic (exact) mass is 149 g/mol. The van der Waals surface area contributed by atoms with E-state index in [4.69, 9.17) is 9.15 Å². The van der Waals surface area contributed by atoms with E-state index in [1.807, 2.05) is 6.07 Å². The molecule has 2 heterocycles. The van der Waals surface area contributed by atoms with Crippen LogP contribution >= 0.6 is 0 Å². The van der Waals surface area contributed by atoms with Gasteiger partial charge >= 0.3 is 0 Å². The van der Waals surface area contributed by atoms with Gasteiger partial charge in [-0.3, -0.25) is 0 Å². The molecule has 0 saturated carbocycles. The van der Waals surface area contributed by atoms with Crippen molar-refractivity contribution >= 4 is 11.0 Å². The summed E-state index contributed by atoms with van der Waals surface area (Å²) in [5, 5.41) is 0.912. The van der Waals surface area contributed by atoms with Gasteiger partial charge in [-0.25, -0.2) is 4.98 Å². The molecule has 2 aromatic rings. The third-order valence-corrected chi connectivity index (χ3v) is 1.54. The predicted molar refractivity (Wildman–Crippen MR) is 40.6 cm³/mol. The Kier molecular flexibility index (Phi) is 1.28. The molecule has 0 N–H and O–H groups in total. The molecular weight excluding hydrogens is 142 g/mol. The fourth-order valence-electron chi connectivity index (χ4n) is 1.03. The van der Waals surface area contributed by atoms with Gasteiger partial charge in [-0.1, -0.05) is 0 Å². The summed E-state index contributed by atoms with van der Waals surface area (Å²) in [4.78, 5) is 4.02. The minimum atomic E-state index is 0.608. The van der Waals surface area contributed by atoms with Crippen molar-refractivity contribution in [2.75, 3.05) is 7.11 Å². The molecule has 0 atom stereocenters. The van der Waals surface area contributed by atoms with E-state index in [1.165, 1.54) is 0 Å². The number of furan rings is 1. The van der Waals surface area contributed by atoms with Gasteiger partial charge in [0.05, 0.1) is 18.8 Å². The predicted octanol–water partition coefficient (Wildman–Crippen LogP) is 1.84. The zero-order valence-electron chi connectivity index (χ0n) is 6.07. The Balaban J connectivity index is 2.79. The zero-order chi connectivity index (χ0) is 7.68. The summed E-state index contributed by atoms with van der Waals surface area (Å²) >= 11 is 0. The lowest BCUT2D eigenvalue weighted by molar-refractivity contribution is 0.403. The van der Waals surface area contributed by atoms with E-state index in [1.54, 1.807) is 25.6 Å². The highest BCUT2D eigenvalue weighted by Crippen LogP contribution is 2.22. The first-order valence-corrected chi connectivity index (χ1v) is 3.28. The fraction of sp³-hybridized carbons (Fsp3) is 0.125. The smallest absolute Gasteiger partial charge is 0.224 e. The molecule has 0 spiro atoms. The SMILES string of the molecule is COc1nccc2occc12. The van der Waals surface area contributed by atoms with Gasteiger partial charge < -0.3 is 9.15 Å². The average Bonchev–Trinajstić information content (AvgIpc) is 2.50. The van der Waals surface area contributed by atoms with Crippen LogP contribution in [0.25, 0.3) is 11.0 Å². The summed E-state index contributed by atoms with van der Waals surface area (Å²) in [5.74, 6) is 0.608. The Morgan fingerprint density at radius 2 is 2.36 bits per heavy atom. The first-order chi connectivity index (χ1) is 5.42. The Morgan fingerprint density at radius 3 is 3.18 bits per heavy atom. The second kappa shape index (κ2) is 2.27. The van der Waals surface area contributed by atoms with Crippen molar-refractivity contribution in [3.8, 4) is 5.88 Å². The van der Waals surface area contributed by atoms with Crippen LogP contribution < -0.4 is 4.74 Å².